The normalized spacial score (nSPS) is 21.2. The van der Waals surface area contributed by atoms with Crippen LogP contribution in [0, 0.1) is 6.92 Å². The minimum absolute atomic E-state index is 0.278. The van der Waals surface area contributed by atoms with Gasteiger partial charge in [-0.25, -0.2) is 0 Å². The highest BCUT2D eigenvalue weighted by Crippen LogP contribution is 2.08. The van der Waals surface area contributed by atoms with E-state index in [0.717, 1.165) is 39.2 Å². The van der Waals surface area contributed by atoms with Gasteiger partial charge in [-0.15, -0.1) is 0 Å². The Kier molecular flexibility index (Phi) is 5.30. The van der Waals surface area contributed by atoms with Gasteiger partial charge in [0.05, 0.1) is 12.7 Å². The van der Waals surface area contributed by atoms with Crippen molar-refractivity contribution in [2.24, 2.45) is 0 Å². The molecule has 0 radical (unpaired) electrons. The molecule has 1 fully saturated rings. The maximum atomic E-state index is 5.76. The lowest BCUT2D eigenvalue weighted by atomic mass is 10.2. The molecule has 0 aliphatic carbocycles. The van der Waals surface area contributed by atoms with Crippen LogP contribution in [0.3, 0.4) is 0 Å². The number of aromatic nitrogens is 2. The van der Waals surface area contributed by atoms with Gasteiger partial charge in [-0.1, -0.05) is 5.16 Å². The van der Waals surface area contributed by atoms with Crippen molar-refractivity contribution >= 4 is 0 Å². The lowest BCUT2D eigenvalue weighted by Crippen LogP contribution is -2.49. The Bertz CT molecular complexity index is 380. The number of hydrogen-bond acceptors (Lipinski definition) is 6. The fourth-order valence-corrected chi connectivity index (χ4v) is 2.23. The summed E-state index contributed by atoms with van der Waals surface area (Å²) >= 11 is 0. The molecular formula is C13H24N4O2. The van der Waals surface area contributed by atoms with Crippen LogP contribution in [0.25, 0.3) is 0 Å². The van der Waals surface area contributed by atoms with Crippen LogP contribution in [-0.4, -0.2) is 60.0 Å². The summed E-state index contributed by atoms with van der Waals surface area (Å²) in [5, 5.41) is 7.16. The van der Waals surface area contributed by atoms with Gasteiger partial charge in [0.2, 0.25) is 5.89 Å². The molecule has 1 aromatic heterocycles. The molecule has 1 aliphatic heterocycles. The first kappa shape index (κ1) is 14.4. The van der Waals surface area contributed by atoms with Crippen molar-refractivity contribution in [1.29, 1.82) is 0 Å². The highest BCUT2D eigenvalue weighted by molar-refractivity contribution is 4.83. The summed E-state index contributed by atoms with van der Waals surface area (Å²) in [4.78, 5) is 6.63. The van der Waals surface area contributed by atoms with Crippen molar-refractivity contribution in [3.63, 3.8) is 0 Å². The van der Waals surface area contributed by atoms with Crippen molar-refractivity contribution in [1.82, 2.24) is 20.4 Å². The van der Waals surface area contributed by atoms with Crippen LogP contribution in [0.2, 0.25) is 0 Å². The predicted molar refractivity (Wildman–Crippen MR) is 72.1 cm³/mol. The third-order valence-corrected chi connectivity index (χ3v) is 3.36. The minimum Gasteiger partial charge on any atom is -0.374 e. The van der Waals surface area contributed by atoms with Crippen LogP contribution < -0.4 is 5.32 Å². The zero-order chi connectivity index (χ0) is 13.7. The van der Waals surface area contributed by atoms with Gasteiger partial charge in [0, 0.05) is 38.6 Å². The van der Waals surface area contributed by atoms with E-state index in [9.17, 15) is 0 Å². The summed E-state index contributed by atoms with van der Waals surface area (Å²) in [7, 11) is 0. The Morgan fingerprint density at radius 1 is 1.47 bits per heavy atom. The molecule has 108 valence electrons. The number of hydrogen-bond donors (Lipinski definition) is 1. The van der Waals surface area contributed by atoms with Crippen LogP contribution in [0.5, 0.6) is 0 Å². The van der Waals surface area contributed by atoms with Crippen LogP contribution in [0.1, 0.15) is 25.6 Å². The maximum Gasteiger partial charge on any atom is 0.227 e. The van der Waals surface area contributed by atoms with E-state index in [0.29, 0.717) is 17.8 Å². The molecule has 1 N–H and O–H groups in total. The first-order valence-corrected chi connectivity index (χ1v) is 7.00. The van der Waals surface area contributed by atoms with Gasteiger partial charge in [-0.3, -0.25) is 4.90 Å². The van der Waals surface area contributed by atoms with Crippen LogP contribution in [-0.2, 0) is 11.2 Å². The van der Waals surface area contributed by atoms with Gasteiger partial charge in [0.1, 0.15) is 0 Å². The molecule has 19 heavy (non-hydrogen) atoms. The van der Waals surface area contributed by atoms with Crippen LogP contribution in [0.15, 0.2) is 4.52 Å². The van der Waals surface area contributed by atoms with Crippen molar-refractivity contribution in [2.45, 2.75) is 39.3 Å². The van der Waals surface area contributed by atoms with Gasteiger partial charge >= 0.3 is 0 Å². The second-order valence-electron chi connectivity index (χ2n) is 5.27. The molecule has 1 unspecified atom stereocenters. The highest BCUT2D eigenvalue weighted by Gasteiger charge is 2.21. The number of morpholine rings is 1. The van der Waals surface area contributed by atoms with Crippen LogP contribution >= 0.6 is 0 Å². The molecule has 1 aliphatic rings. The third-order valence-electron chi connectivity index (χ3n) is 3.36. The van der Waals surface area contributed by atoms with E-state index in [1.54, 1.807) is 0 Å². The molecule has 0 amide bonds. The van der Waals surface area contributed by atoms with E-state index in [1.807, 2.05) is 6.92 Å². The van der Waals surface area contributed by atoms with Crippen molar-refractivity contribution in [3.8, 4) is 0 Å². The molecule has 2 rings (SSSR count). The Morgan fingerprint density at radius 3 is 3.00 bits per heavy atom. The summed E-state index contributed by atoms with van der Waals surface area (Å²) < 4.78 is 10.8. The molecule has 6 heteroatoms. The van der Waals surface area contributed by atoms with E-state index >= 15 is 0 Å². The van der Waals surface area contributed by atoms with Gasteiger partial charge in [0.15, 0.2) is 5.82 Å². The fourth-order valence-electron chi connectivity index (χ4n) is 2.23. The monoisotopic (exact) mass is 268 g/mol. The van der Waals surface area contributed by atoms with Crippen molar-refractivity contribution in [2.75, 3.05) is 32.8 Å². The smallest absolute Gasteiger partial charge is 0.227 e. The molecule has 1 saturated heterocycles. The Balaban J connectivity index is 1.62. The number of nitrogens with zero attached hydrogens (tertiary/aromatic N) is 3. The maximum absolute atomic E-state index is 5.76. The lowest BCUT2D eigenvalue weighted by molar-refractivity contribution is -0.0370. The number of ether oxygens (including phenoxy) is 1. The van der Waals surface area contributed by atoms with E-state index in [-0.39, 0.29) is 6.10 Å². The molecule has 1 aromatic rings. The molecule has 0 bridgehead atoms. The van der Waals surface area contributed by atoms with Crippen molar-refractivity contribution in [3.05, 3.63) is 11.7 Å². The van der Waals surface area contributed by atoms with Gasteiger partial charge < -0.3 is 14.6 Å². The van der Waals surface area contributed by atoms with E-state index in [2.05, 4.69) is 34.2 Å². The van der Waals surface area contributed by atoms with Gasteiger partial charge in [0.25, 0.3) is 0 Å². The minimum atomic E-state index is 0.278. The first-order valence-electron chi connectivity index (χ1n) is 7.00. The highest BCUT2D eigenvalue weighted by atomic mass is 16.5. The number of nitrogens with one attached hydrogen (secondary N) is 1. The van der Waals surface area contributed by atoms with Gasteiger partial charge in [-0.05, 0) is 20.8 Å². The fraction of sp³-hybridized carbons (Fsp3) is 0.846. The predicted octanol–water partition coefficient (Wildman–Crippen LogP) is 0.619. The zero-order valence-corrected chi connectivity index (χ0v) is 12.1. The Labute approximate surface area is 114 Å². The molecule has 0 spiro atoms. The topological polar surface area (TPSA) is 63.4 Å². The first-order chi connectivity index (χ1) is 9.15. The summed E-state index contributed by atoms with van der Waals surface area (Å²) in [5.74, 6) is 1.39. The molecule has 0 aromatic carbocycles. The Hall–Kier alpha value is -0.980. The molecule has 1 atom stereocenters. The summed E-state index contributed by atoms with van der Waals surface area (Å²) in [6.45, 7) is 10.9. The average molecular weight is 268 g/mol. The zero-order valence-electron chi connectivity index (χ0n) is 12.1. The second-order valence-corrected chi connectivity index (χ2v) is 5.27. The largest absolute Gasteiger partial charge is 0.374 e. The average Bonchev–Trinajstić information content (AvgIpc) is 2.81. The third kappa shape index (κ3) is 4.56. The van der Waals surface area contributed by atoms with Crippen LogP contribution in [0.4, 0.5) is 0 Å². The second kappa shape index (κ2) is 6.98. The van der Waals surface area contributed by atoms with E-state index in [4.69, 9.17) is 9.26 Å². The lowest BCUT2D eigenvalue weighted by Gasteiger charge is -2.35. The standard InChI is InChI=1S/C13H24N4O2/c1-10(2)17-6-7-18-12(9-17)8-14-5-4-13-15-11(3)16-19-13/h10,12,14H,4-9H2,1-3H3. The quantitative estimate of drug-likeness (QED) is 0.763. The number of rotatable bonds is 6. The van der Waals surface area contributed by atoms with Crippen molar-refractivity contribution < 1.29 is 9.26 Å². The molecule has 6 nitrogen and oxygen atoms in total. The van der Waals surface area contributed by atoms with E-state index < -0.39 is 0 Å². The van der Waals surface area contributed by atoms with Gasteiger partial charge in [-0.2, -0.15) is 4.98 Å². The molecule has 2 heterocycles. The summed E-state index contributed by atoms with van der Waals surface area (Å²) in [5.41, 5.74) is 0. The summed E-state index contributed by atoms with van der Waals surface area (Å²) in [6, 6.07) is 0.591. The molecule has 0 saturated carbocycles. The van der Waals surface area contributed by atoms with E-state index in [1.165, 1.54) is 0 Å². The Morgan fingerprint density at radius 2 is 2.32 bits per heavy atom. The SMILES string of the molecule is Cc1noc(CCNCC2CN(C(C)C)CCO2)n1. The summed E-state index contributed by atoms with van der Waals surface area (Å²) in [6.07, 6.45) is 1.04. The number of aryl methyl sites for hydroxylation is 1. The molecular weight excluding hydrogens is 244 g/mol.